The topological polar surface area (TPSA) is 84.1 Å². The number of rotatable bonds is 5. The fourth-order valence-corrected chi connectivity index (χ4v) is 3.42. The Balaban J connectivity index is 1.50. The van der Waals surface area contributed by atoms with E-state index in [2.05, 4.69) is 37.9 Å². The molecule has 0 amide bonds. The SMILES string of the molecule is CCc1cc(N2CCCN(Cc3noc(C)n3)CC2)nc(-c2ccncc2)n1. The van der Waals surface area contributed by atoms with Crippen LogP contribution in [0.5, 0.6) is 0 Å². The van der Waals surface area contributed by atoms with E-state index in [1.165, 1.54) is 0 Å². The predicted molar refractivity (Wildman–Crippen MR) is 106 cm³/mol. The van der Waals surface area contributed by atoms with Gasteiger partial charge in [-0.1, -0.05) is 12.1 Å². The summed E-state index contributed by atoms with van der Waals surface area (Å²) in [6, 6.07) is 6.02. The van der Waals surface area contributed by atoms with Crippen LogP contribution in [0.25, 0.3) is 11.4 Å². The summed E-state index contributed by atoms with van der Waals surface area (Å²) in [6.07, 6.45) is 5.50. The molecule has 8 heteroatoms. The zero-order valence-electron chi connectivity index (χ0n) is 16.4. The van der Waals surface area contributed by atoms with Crippen LogP contribution in [-0.2, 0) is 13.0 Å². The van der Waals surface area contributed by atoms with Crippen molar-refractivity contribution in [3.8, 4) is 11.4 Å². The lowest BCUT2D eigenvalue weighted by Crippen LogP contribution is -2.31. The molecule has 0 bridgehead atoms. The number of aromatic nitrogens is 5. The summed E-state index contributed by atoms with van der Waals surface area (Å²) < 4.78 is 5.09. The van der Waals surface area contributed by atoms with Gasteiger partial charge in [0.25, 0.3) is 0 Å². The zero-order chi connectivity index (χ0) is 19.3. The third-order valence-corrected chi connectivity index (χ3v) is 4.91. The first-order valence-corrected chi connectivity index (χ1v) is 9.76. The zero-order valence-corrected chi connectivity index (χ0v) is 16.4. The summed E-state index contributed by atoms with van der Waals surface area (Å²) in [6.45, 7) is 8.49. The lowest BCUT2D eigenvalue weighted by atomic mass is 10.2. The molecule has 0 saturated carbocycles. The number of hydrogen-bond donors (Lipinski definition) is 0. The monoisotopic (exact) mass is 379 g/mol. The second-order valence-electron chi connectivity index (χ2n) is 6.98. The molecule has 0 unspecified atom stereocenters. The van der Waals surface area contributed by atoms with E-state index >= 15 is 0 Å². The fraction of sp³-hybridized carbons (Fsp3) is 0.450. The van der Waals surface area contributed by atoms with Gasteiger partial charge in [0.05, 0.1) is 6.54 Å². The second kappa shape index (κ2) is 8.43. The predicted octanol–water partition coefficient (Wildman–Crippen LogP) is 2.50. The molecule has 0 radical (unpaired) electrons. The molecule has 4 heterocycles. The van der Waals surface area contributed by atoms with E-state index in [-0.39, 0.29) is 0 Å². The van der Waals surface area contributed by atoms with Gasteiger partial charge in [0, 0.05) is 62.8 Å². The Morgan fingerprint density at radius 3 is 2.64 bits per heavy atom. The summed E-state index contributed by atoms with van der Waals surface area (Å²) in [4.78, 5) is 22.7. The summed E-state index contributed by atoms with van der Waals surface area (Å²) in [7, 11) is 0. The molecular weight excluding hydrogens is 354 g/mol. The van der Waals surface area contributed by atoms with Gasteiger partial charge in [0.1, 0.15) is 5.82 Å². The van der Waals surface area contributed by atoms with Crippen molar-refractivity contribution in [2.24, 2.45) is 0 Å². The van der Waals surface area contributed by atoms with Crippen molar-refractivity contribution in [2.45, 2.75) is 33.2 Å². The molecule has 4 rings (SSSR count). The minimum absolute atomic E-state index is 0.614. The maximum absolute atomic E-state index is 5.09. The second-order valence-corrected chi connectivity index (χ2v) is 6.98. The Bertz CT molecular complexity index is 912. The van der Waals surface area contributed by atoms with Gasteiger partial charge in [-0.2, -0.15) is 4.98 Å². The van der Waals surface area contributed by atoms with Crippen LogP contribution >= 0.6 is 0 Å². The molecule has 0 N–H and O–H groups in total. The van der Waals surface area contributed by atoms with Gasteiger partial charge in [-0.15, -0.1) is 0 Å². The van der Waals surface area contributed by atoms with E-state index < -0.39 is 0 Å². The number of aryl methyl sites for hydroxylation is 2. The quantitative estimate of drug-likeness (QED) is 0.669. The van der Waals surface area contributed by atoms with E-state index in [4.69, 9.17) is 14.5 Å². The molecule has 1 saturated heterocycles. The van der Waals surface area contributed by atoms with Gasteiger partial charge in [-0.25, -0.2) is 9.97 Å². The molecule has 28 heavy (non-hydrogen) atoms. The van der Waals surface area contributed by atoms with Gasteiger partial charge < -0.3 is 9.42 Å². The van der Waals surface area contributed by atoms with E-state index in [1.54, 1.807) is 12.4 Å². The maximum atomic E-state index is 5.09. The summed E-state index contributed by atoms with van der Waals surface area (Å²) in [5.74, 6) is 3.13. The van der Waals surface area contributed by atoms with Crippen LogP contribution in [0.4, 0.5) is 5.82 Å². The van der Waals surface area contributed by atoms with Crippen LogP contribution in [0.15, 0.2) is 35.1 Å². The first kappa shape index (κ1) is 18.5. The van der Waals surface area contributed by atoms with Gasteiger partial charge in [0.15, 0.2) is 11.6 Å². The van der Waals surface area contributed by atoms with Crippen LogP contribution in [0.2, 0.25) is 0 Å². The van der Waals surface area contributed by atoms with Crippen molar-refractivity contribution in [3.63, 3.8) is 0 Å². The number of pyridine rings is 1. The number of anilines is 1. The van der Waals surface area contributed by atoms with E-state index in [9.17, 15) is 0 Å². The highest BCUT2D eigenvalue weighted by Crippen LogP contribution is 2.21. The first-order valence-electron chi connectivity index (χ1n) is 9.76. The molecule has 0 spiro atoms. The van der Waals surface area contributed by atoms with Crippen molar-refractivity contribution in [2.75, 3.05) is 31.1 Å². The van der Waals surface area contributed by atoms with Crippen molar-refractivity contribution >= 4 is 5.82 Å². The minimum Gasteiger partial charge on any atom is -0.355 e. The van der Waals surface area contributed by atoms with Gasteiger partial charge >= 0.3 is 0 Å². The van der Waals surface area contributed by atoms with Crippen LogP contribution in [0, 0.1) is 6.92 Å². The summed E-state index contributed by atoms with van der Waals surface area (Å²) in [5, 5.41) is 4.02. The standard InChI is InChI=1S/C20H25N7O/c1-3-17-13-19(24-20(23-17)16-5-7-21-8-6-16)27-10-4-9-26(11-12-27)14-18-22-15(2)28-25-18/h5-8,13H,3-4,9-12,14H2,1-2H3. The fourth-order valence-electron chi connectivity index (χ4n) is 3.42. The van der Waals surface area contributed by atoms with E-state index in [0.717, 1.165) is 74.3 Å². The Morgan fingerprint density at radius 2 is 1.89 bits per heavy atom. The highest BCUT2D eigenvalue weighted by molar-refractivity contribution is 5.57. The smallest absolute Gasteiger partial charge is 0.223 e. The highest BCUT2D eigenvalue weighted by Gasteiger charge is 2.19. The van der Waals surface area contributed by atoms with Gasteiger partial charge in [0.2, 0.25) is 5.89 Å². The number of hydrogen-bond acceptors (Lipinski definition) is 8. The van der Waals surface area contributed by atoms with Crippen LogP contribution in [0.1, 0.15) is 30.8 Å². The average Bonchev–Trinajstić information content (AvgIpc) is 3.00. The molecule has 0 aliphatic carbocycles. The largest absolute Gasteiger partial charge is 0.355 e. The summed E-state index contributed by atoms with van der Waals surface area (Å²) >= 11 is 0. The van der Waals surface area contributed by atoms with Crippen molar-refractivity contribution in [1.82, 2.24) is 30.0 Å². The van der Waals surface area contributed by atoms with Crippen molar-refractivity contribution in [3.05, 3.63) is 48.0 Å². The molecular formula is C20H25N7O. The Morgan fingerprint density at radius 1 is 1.04 bits per heavy atom. The molecule has 1 fully saturated rings. The van der Waals surface area contributed by atoms with Crippen molar-refractivity contribution < 1.29 is 4.52 Å². The molecule has 1 aliphatic heterocycles. The van der Waals surface area contributed by atoms with Crippen molar-refractivity contribution in [1.29, 1.82) is 0 Å². The minimum atomic E-state index is 0.614. The Hall–Kier alpha value is -2.87. The average molecular weight is 379 g/mol. The molecule has 8 nitrogen and oxygen atoms in total. The molecule has 0 aromatic carbocycles. The van der Waals surface area contributed by atoms with Crippen LogP contribution < -0.4 is 4.90 Å². The summed E-state index contributed by atoms with van der Waals surface area (Å²) in [5.41, 5.74) is 2.05. The number of nitrogens with zero attached hydrogens (tertiary/aromatic N) is 7. The molecule has 3 aromatic heterocycles. The lowest BCUT2D eigenvalue weighted by Gasteiger charge is -2.23. The molecule has 1 aliphatic rings. The van der Waals surface area contributed by atoms with Crippen LogP contribution in [0.3, 0.4) is 0 Å². The van der Waals surface area contributed by atoms with Gasteiger partial charge in [-0.05, 0) is 25.0 Å². The van der Waals surface area contributed by atoms with Gasteiger partial charge in [-0.3, -0.25) is 9.88 Å². The van der Waals surface area contributed by atoms with E-state index in [0.29, 0.717) is 5.89 Å². The molecule has 0 atom stereocenters. The first-order chi connectivity index (χ1) is 13.7. The normalized spacial score (nSPS) is 15.6. The third kappa shape index (κ3) is 4.33. The van der Waals surface area contributed by atoms with E-state index in [1.807, 2.05) is 19.1 Å². The Kier molecular flexibility index (Phi) is 5.57. The highest BCUT2D eigenvalue weighted by atomic mass is 16.5. The van der Waals surface area contributed by atoms with Crippen LogP contribution in [-0.4, -0.2) is 56.2 Å². The molecule has 146 valence electrons. The maximum Gasteiger partial charge on any atom is 0.223 e. The third-order valence-electron chi connectivity index (χ3n) is 4.91. The molecule has 3 aromatic rings. The Labute approximate surface area is 164 Å². The lowest BCUT2D eigenvalue weighted by molar-refractivity contribution is 0.272.